The van der Waals surface area contributed by atoms with Crippen molar-refractivity contribution in [3.8, 4) is 11.1 Å². The molecule has 0 atom stereocenters. The molecule has 0 spiro atoms. The van der Waals surface area contributed by atoms with Gasteiger partial charge in [-0.15, -0.1) is 0 Å². The van der Waals surface area contributed by atoms with Crippen LogP contribution in [0.5, 0.6) is 0 Å². The van der Waals surface area contributed by atoms with Gasteiger partial charge in [0.25, 0.3) is 5.56 Å². The van der Waals surface area contributed by atoms with Gasteiger partial charge in [0.05, 0.1) is 5.39 Å². The van der Waals surface area contributed by atoms with Crippen molar-refractivity contribution < 1.29 is 4.42 Å². The summed E-state index contributed by atoms with van der Waals surface area (Å²) in [5.41, 5.74) is 2.46. The van der Waals surface area contributed by atoms with E-state index in [-0.39, 0.29) is 5.56 Å². The minimum atomic E-state index is -0.123. The number of benzene rings is 2. The zero-order valence-corrected chi connectivity index (χ0v) is 10.6. The van der Waals surface area contributed by atoms with Crippen LogP contribution in [-0.4, -0.2) is 4.98 Å². The fourth-order valence-corrected chi connectivity index (χ4v) is 2.62. The Morgan fingerprint density at radius 1 is 0.850 bits per heavy atom. The molecular formula is C17H11NO2. The molecule has 0 aliphatic rings. The third-order valence-electron chi connectivity index (χ3n) is 3.54. The summed E-state index contributed by atoms with van der Waals surface area (Å²) in [5.74, 6) is 0. The third-order valence-corrected chi connectivity index (χ3v) is 3.54. The molecule has 0 unspecified atom stereocenters. The van der Waals surface area contributed by atoms with Crippen molar-refractivity contribution in [1.82, 2.24) is 4.98 Å². The first-order chi connectivity index (χ1) is 9.84. The Balaban J connectivity index is 2.20. The molecule has 0 bridgehead atoms. The number of H-pyrrole nitrogens is 1. The molecule has 0 saturated heterocycles. The van der Waals surface area contributed by atoms with Crippen LogP contribution in [0.2, 0.25) is 0 Å². The van der Waals surface area contributed by atoms with E-state index < -0.39 is 0 Å². The van der Waals surface area contributed by atoms with Gasteiger partial charge in [-0.05, 0) is 11.6 Å². The molecule has 0 saturated carbocycles. The molecule has 0 fully saturated rings. The molecule has 0 aliphatic heterocycles. The number of furan rings is 1. The number of aromatic nitrogens is 1. The monoisotopic (exact) mass is 261 g/mol. The highest BCUT2D eigenvalue weighted by atomic mass is 16.3. The Bertz CT molecular complexity index is 965. The Kier molecular flexibility index (Phi) is 2.27. The van der Waals surface area contributed by atoms with Gasteiger partial charge in [-0.1, -0.05) is 48.5 Å². The summed E-state index contributed by atoms with van der Waals surface area (Å²) in [7, 11) is 0. The van der Waals surface area contributed by atoms with Gasteiger partial charge in [-0.3, -0.25) is 9.78 Å². The van der Waals surface area contributed by atoms with E-state index in [0.717, 1.165) is 21.9 Å². The van der Waals surface area contributed by atoms with Gasteiger partial charge in [0.2, 0.25) is 5.71 Å². The first kappa shape index (κ1) is 11.1. The molecule has 2 aromatic heterocycles. The summed E-state index contributed by atoms with van der Waals surface area (Å²) >= 11 is 0. The summed E-state index contributed by atoms with van der Waals surface area (Å²) in [6.07, 6.45) is 1.70. The first-order valence-electron chi connectivity index (χ1n) is 6.42. The Labute approximate surface area is 114 Å². The van der Waals surface area contributed by atoms with Crippen LogP contribution >= 0.6 is 0 Å². The number of hydrogen-bond donors (Lipinski definition) is 1. The molecule has 1 N–H and O–H groups in total. The molecule has 4 rings (SSSR count). The summed E-state index contributed by atoms with van der Waals surface area (Å²) in [6, 6.07) is 17.6. The standard InChI is InChI=1S/C17H11NO2/c19-16-13-9-5-4-8-12(13)15-14(10-20-17(15)18-16)11-6-2-1-3-7-11/h1-10H,(H,18,19). The lowest BCUT2D eigenvalue weighted by Crippen LogP contribution is -2.05. The first-order valence-corrected chi connectivity index (χ1v) is 6.42. The van der Waals surface area contributed by atoms with Gasteiger partial charge < -0.3 is 4.42 Å². The smallest absolute Gasteiger partial charge is 0.258 e. The highest BCUT2D eigenvalue weighted by Crippen LogP contribution is 2.33. The van der Waals surface area contributed by atoms with Crippen molar-refractivity contribution >= 4 is 21.9 Å². The number of fused-ring (bicyclic) bond motifs is 3. The van der Waals surface area contributed by atoms with Crippen LogP contribution in [-0.2, 0) is 0 Å². The summed E-state index contributed by atoms with van der Waals surface area (Å²) in [6.45, 7) is 0. The average Bonchev–Trinajstić information content (AvgIpc) is 2.92. The second-order valence-electron chi connectivity index (χ2n) is 4.72. The Morgan fingerprint density at radius 3 is 2.35 bits per heavy atom. The highest BCUT2D eigenvalue weighted by Gasteiger charge is 2.13. The lowest BCUT2D eigenvalue weighted by molar-refractivity contribution is 0.603. The predicted octanol–water partition coefficient (Wildman–Crippen LogP) is 3.94. The van der Waals surface area contributed by atoms with E-state index in [2.05, 4.69) is 4.98 Å². The normalized spacial score (nSPS) is 11.2. The third kappa shape index (κ3) is 1.50. The summed E-state index contributed by atoms with van der Waals surface area (Å²) < 4.78 is 5.54. The summed E-state index contributed by atoms with van der Waals surface area (Å²) in [5, 5.41) is 2.55. The van der Waals surface area contributed by atoms with E-state index in [1.54, 1.807) is 6.26 Å². The van der Waals surface area contributed by atoms with Crippen LogP contribution in [0.3, 0.4) is 0 Å². The lowest BCUT2D eigenvalue weighted by Gasteiger charge is -2.01. The maximum absolute atomic E-state index is 12.0. The number of nitrogens with one attached hydrogen (secondary N) is 1. The van der Waals surface area contributed by atoms with E-state index in [1.807, 2.05) is 54.6 Å². The van der Waals surface area contributed by atoms with Crippen molar-refractivity contribution in [2.75, 3.05) is 0 Å². The molecular weight excluding hydrogens is 250 g/mol. The van der Waals surface area contributed by atoms with Crippen molar-refractivity contribution in [3.05, 3.63) is 71.2 Å². The molecule has 4 aromatic rings. The van der Waals surface area contributed by atoms with Gasteiger partial charge >= 0.3 is 0 Å². The zero-order chi connectivity index (χ0) is 13.5. The number of pyridine rings is 1. The fraction of sp³-hybridized carbons (Fsp3) is 0. The van der Waals surface area contributed by atoms with Crippen LogP contribution in [0.15, 0.2) is 70.1 Å². The maximum Gasteiger partial charge on any atom is 0.258 e. The Hall–Kier alpha value is -2.81. The van der Waals surface area contributed by atoms with Crippen molar-refractivity contribution in [2.45, 2.75) is 0 Å². The van der Waals surface area contributed by atoms with Gasteiger partial charge in [-0.25, -0.2) is 0 Å². The van der Waals surface area contributed by atoms with Crippen LogP contribution in [0.4, 0.5) is 0 Å². The molecule has 2 aromatic carbocycles. The molecule has 20 heavy (non-hydrogen) atoms. The minimum Gasteiger partial charge on any atom is -0.447 e. The van der Waals surface area contributed by atoms with Gasteiger partial charge in [0.1, 0.15) is 6.26 Å². The average molecular weight is 261 g/mol. The van der Waals surface area contributed by atoms with Crippen molar-refractivity contribution in [1.29, 1.82) is 0 Å². The SMILES string of the molecule is O=c1[nH]c2occ(-c3ccccc3)c2c2ccccc12. The van der Waals surface area contributed by atoms with E-state index in [1.165, 1.54) is 0 Å². The quantitative estimate of drug-likeness (QED) is 0.564. The van der Waals surface area contributed by atoms with Crippen molar-refractivity contribution in [3.63, 3.8) is 0 Å². The lowest BCUT2D eigenvalue weighted by atomic mass is 10.0. The highest BCUT2D eigenvalue weighted by molar-refractivity contribution is 6.11. The van der Waals surface area contributed by atoms with Crippen LogP contribution in [0, 0.1) is 0 Å². The van der Waals surface area contributed by atoms with E-state index in [9.17, 15) is 4.79 Å². The van der Waals surface area contributed by atoms with E-state index in [4.69, 9.17) is 4.42 Å². The molecule has 3 heteroatoms. The van der Waals surface area contributed by atoms with Crippen molar-refractivity contribution in [2.24, 2.45) is 0 Å². The molecule has 2 heterocycles. The van der Waals surface area contributed by atoms with Crippen LogP contribution in [0.1, 0.15) is 0 Å². The molecule has 0 aliphatic carbocycles. The molecule has 0 radical (unpaired) electrons. The number of rotatable bonds is 1. The van der Waals surface area contributed by atoms with Gasteiger partial charge in [-0.2, -0.15) is 0 Å². The fourth-order valence-electron chi connectivity index (χ4n) is 2.62. The number of hydrogen-bond acceptors (Lipinski definition) is 2. The zero-order valence-electron chi connectivity index (χ0n) is 10.6. The van der Waals surface area contributed by atoms with E-state index >= 15 is 0 Å². The van der Waals surface area contributed by atoms with Crippen LogP contribution in [0.25, 0.3) is 33.0 Å². The second kappa shape index (κ2) is 4.10. The topological polar surface area (TPSA) is 46.0 Å². The van der Waals surface area contributed by atoms with Gasteiger partial charge in [0.15, 0.2) is 0 Å². The largest absolute Gasteiger partial charge is 0.447 e. The predicted molar refractivity (Wildman–Crippen MR) is 79.8 cm³/mol. The second-order valence-corrected chi connectivity index (χ2v) is 4.72. The number of aromatic amines is 1. The van der Waals surface area contributed by atoms with Gasteiger partial charge in [0, 0.05) is 16.3 Å². The Morgan fingerprint density at radius 2 is 1.55 bits per heavy atom. The molecule has 0 amide bonds. The molecule has 96 valence electrons. The summed E-state index contributed by atoms with van der Waals surface area (Å²) in [4.78, 5) is 14.8. The van der Waals surface area contributed by atoms with Crippen LogP contribution < -0.4 is 5.56 Å². The maximum atomic E-state index is 12.0. The van der Waals surface area contributed by atoms with E-state index in [0.29, 0.717) is 11.1 Å². The molecule has 3 nitrogen and oxygen atoms in total. The minimum absolute atomic E-state index is 0.123.